The zero-order chi connectivity index (χ0) is 12.6. The first kappa shape index (κ1) is 15.3. The van der Waals surface area contributed by atoms with Crippen LogP contribution in [0.3, 0.4) is 0 Å². The second kappa shape index (κ2) is 7.59. The van der Waals surface area contributed by atoms with Crippen LogP contribution >= 0.6 is 0 Å². The Kier molecular flexibility index (Phi) is 7.27. The lowest BCUT2D eigenvalue weighted by Crippen LogP contribution is -2.35. The van der Waals surface area contributed by atoms with Crippen molar-refractivity contribution in [2.75, 3.05) is 39.5 Å². The minimum Gasteiger partial charge on any atom is -0.355 e. The van der Waals surface area contributed by atoms with Gasteiger partial charge in [-0.05, 0) is 20.4 Å². The predicted octanol–water partition coefficient (Wildman–Crippen LogP) is -1.01. The van der Waals surface area contributed by atoms with Gasteiger partial charge in [-0.25, -0.2) is 12.7 Å². The van der Waals surface area contributed by atoms with Gasteiger partial charge in [0.05, 0.1) is 12.3 Å². The lowest BCUT2D eigenvalue weighted by atomic mass is 10.4. The molecule has 6 nitrogen and oxygen atoms in total. The van der Waals surface area contributed by atoms with Crippen molar-refractivity contribution in [1.82, 2.24) is 14.9 Å². The van der Waals surface area contributed by atoms with E-state index in [-0.39, 0.29) is 18.2 Å². The van der Waals surface area contributed by atoms with Gasteiger partial charge in [0.15, 0.2) is 0 Å². The van der Waals surface area contributed by atoms with E-state index in [9.17, 15) is 13.2 Å². The highest BCUT2D eigenvalue weighted by Gasteiger charge is 2.13. The third kappa shape index (κ3) is 6.04. The van der Waals surface area contributed by atoms with Gasteiger partial charge >= 0.3 is 0 Å². The van der Waals surface area contributed by atoms with Crippen LogP contribution in [0.15, 0.2) is 0 Å². The van der Waals surface area contributed by atoms with Crippen LogP contribution < -0.4 is 10.6 Å². The molecule has 0 saturated carbocycles. The van der Waals surface area contributed by atoms with Crippen LogP contribution in [-0.4, -0.2) is 58.1 Å². The van der Waals surface area contributed by atoms with Gasteiger partial charge in [0.2, 0.25) is 15.9 Å². The van der Waals surface area contributed by atoms with Gasteiger partial charge in [-0.15, -0.1) is 0 Å². The van der Waals surface area contributed by atoms with Crippen LogP contribution in [0.4, 0.5) is 0 Å². The maximum absolute atomic E-state index is 11.4. The molecule has 0 radical (unpaired) electrons. The fraction of sp³-hybridized carbons (Fsp3) is 0.889. The van der Waals surface area contributed by atoms with E-state index in [1.54, 1.807) is 21.0 Å². The minimum absolute atomic E-state index is 0.0801. The van der Waals surface area contributed by atoms with Crippen molar-refractivity contribution in [2.24, 2.45) is 0 Å². The largest absolute Gasteiger partial charge is 0.355 e. The highest BCUT2D eigenvalue weighted by Crippen LogP contribution is 1.97. The number of amides is 1. The Morgan fingerprint density at radius 2 is 2.00 bits per heavy atom. The number of rotatable bonds is 8. The Balaban J connectivity index is 3.71. The third-order valence-electron chi connectivity index (χ3n) is 2.15. The number of carbonyl (C=O) groups excluding carboxylic acids is 1. The summed E-state index contributed by atoms with van der Waals surface area (Å²) in [5, 5.41) is 5.42. The summed E-state index contributed by atoms with van der Waals surface area (Å²) in [6.45, 7) is 2.81. The molecule has 0 aromatic carbocycles. The van der Waals surface area contributed by atoms with Crippen LogP contribution in [0.5, 0.6) is 0 Å². The molecule has 96 valence electrons. The summed E-state index contributed by atoms with van der Waals surface area (Å²) in [7, 11) is 0.145. The average molecular weight is 251 g/mol. The van der Waals surface area contributed by atoms with Crippen LogP contribution in [0, 0.1) is 0 Å². The number of nitrogens with one attached hydrogen (secondary N) is 2. The summed E-state index contributed by atoms with van der Waals surface area (Å²) >= 11 is 0. The molecule has 0 spiro atoms. The molecule has 0 aromatic heterocycles. The minimum atomic E-state index is -3.10. The third-order valence-corrected chi connectivity index (χ3v) is 4.01. The predicted molar refractivity (Wildman–Crippen MR) is 63.6 cm³/mol. The lowest BCUT2D eigenvalue weighted by molar-refractivity contribution is -0.120. The van der Waals surface area contributed by atoms with Crippen LogP contribution in [0.25, 0.3) is 0 Å². The van der Waals surface area contributed by atoms with Crippen LogP contribution in [-0.2, 0) is 14.8 Å². The highest BCUT2D eigenvalue weighted by molar-refractivity contribution is 7.89. The normalized spacial score (nSPS) is 11.8. The second-order valence-corrected chi connectivity index (χ2v) is 5.82. The number of carbonyl (C=O) groups is 1. The smallest absolute Gasteiger partial charge is 0.233 e. The maximum atomic E-state index is 11.4. The Bertz CT molecular complexity index is 303. The van der Waals surface area contributed by atoms with Gasteiger partial charge in [-0.2, -0.15) is 0 Å². The van der Waals surface area contributed by atoms with Gasteiger partial charge < -0.3 is 10.6 Å². The Hall–Kier alpha value is -0.660. The Morgan fingerprint density at radius 3 is 2.50 bits per heavy atom. The molecule has 0 aliphatic heterocycles. The van der Waals surface area contributed by atoms with E-state index in [0.717, 1.165) is 0 Å². The Morgan fingerprint density at radius 1 is 1.38 bits per heavy atom. The molecule has 0 heterocycles. The molecule has 0 rings (SSSR count). The summed E-state index contributed by atoms with van der Waals surface area (Å²) in [5.41, 5.74) is 0. The topological polar surface area (TPSA) is 78.5 Å². The summed E-state index contributed by atoms with van der Waals surface area (Å²) in [6.07, 6.45) is 0.616. The van der Waals surface area contributed by atoms with Gasteiger partial charge in [0.1, 0.15) is 0 Å². The number of likely N-dealkylation sites (N-methyl/N-ethyl adjacent to an activating group) is 1. The molecular formula is C9H21N3O3S. The molecule has 0 aliphatic carbocycles. The molecule has 0 aromatic rings. The molecular weight excluding hydrogens is 230 g/mol. The van der Waals surface area contributed by atoms with E-state index in [2.05, 4.69) is 10.6 Å². The summed E-state index contributed by atoms with van der Waals surface area (Å²) in [5.74, 6) is 0.0267. The summed E-state index contributed by atoms with van der Waals surface area (Å²) < 4.78 is 24.0. The zero-order valence-electron chi connectivity index (χ0n) is 10.1. The molecule has 1 amide bonds. The summed E-state index contributed by atoms with van der Waals surface area (Å²) in [4.78, 5) is 11.0. The van der Waals surface area contributed by atoms with Crippen molar-refractivity contribution in [1.29, 1.82) is 0 Å². The quantitative estimate of drug-likeness (QED) is 0.542. The van der Waals surface area contributed by atoms with Crippen molar-refractivity contribution in [3.63, 3.8) is 0 Å². The summed E-state index contributed by atoms with van der Waals surface area (Å²) in [6, 6.07) is 0. The number of hydrogen-bond donors (Lipinski definition) is 2. The number of sulfonamides is 1. The van der Waals surface area contributed by atoms with Crippen molar-refractivity contribution < 1.29 is 13.2 Å². The van der Waals surface area contributed by atoms with Crippen molar-refractivity contribution in [2.45, 2.75) is 13.3 Å². The van der Waals surface area contributed by atoms with Gasteiger partial charge in [-0.1, -0.05) is 0 Å². The zero-order valence-corrected chi connectivity index (χ0v) is 10.9. The molecule has 0 bridgehead atoms. The highest BCUT2D eigenvalue weighted by atomic mass is 32.2. The van der Waals surface area contributed by atoms with Crippen molar-refractivity contribution in [3.8, 4) is 0 Å². The van der Waals surface area contributed by atoms with Crippen LogP contribution in [0.1, 0.15) is 13.3 Å². The number of nitrogens with zero attached hydrogens (tertiary/aromatic N) is 1. The van der Waals surface area contributed by atoms with E-state index in [1.165, 1.54) is 4.31 Å². The monoisotopic (exact) mass is 251 g/mol. The van der Waals surface area contributed by atoms with Gasteiger partial charge in [-0.3, -0.25) is 4.79 Å². The van der Waals surface area contributed by atoms with Gasteiger partial charge in [0.25, 0.3) is 0 Å². The van der Waals surface area contributed by atoms with E-state index >= 15 is 0 Å². The first-order chi connectivity index (χ1) is 7.44. The van der Waals surface area contributed by atoms with Crippen LogP contribution in [0.2, 0.25) is 0 Å². The SMILES string of the molecule is CCS(=O)(=O)N(C)CCCNC(=O)CNC. The first-order valence-corrected chi connectivity index (χ1v) is 6.90. The fourth-order valence-electron chi connectivity index (χ4n) is 1.11. The average Bonchev–Trinajstić information content (AvgIpc) is 2.24. The molecule has 0 aliphatic rings. The van der Waals surface area contributed by atoms with E-state index < -0.39 is 10.0 Å². The van der Waals surface area contributed by atoms with E-state index in [1.807, 2.05) is 0 Å². The second-order valence-electron chi connectivity index (χ2n) is 3.46. The number of hydrogen-bond acceptors (Lipinski definition) is 4. The van der Waals surface area contributed by atoms with Crippen molar-refractivity contribution >= 4 is 15.9 Å². The molecule has 16 heavy (non-hydrogen) atoms. The maximum Gasteiger partial charge on any atom is 0.233 e. The molecule has 0 atom stereocenters. The van der Waals surface area contributed by atoms with E-state index in [0.29, 0.717) is 19.5 Å². The molecule has 0 unspecified atom stereocenters. The molecule has 0 fully saturated rings. The lowest BCUT2D eigenvalue weighted by Gasteiger charge is -2.15. The Labute approximate surface area is 97.4 Å². The van der Waals surface area contributed by atoms with E-state index in [4.69, 9.17) is 0 Å². The molecule has 2 N–H and O–H groups in total. The standard InChI is InChI=1S/C9H21N3O3S/c1-4-16(14,15)12(3)7-5-6-11-9(13)8-10-2/h10H,4-8H2,1-3H3,(H,11,13). The molecule has 7 heteroatoms. The van der Waals surface area contributed by atoms with Crippen molar-refractivity contribution in [3.05, 3.63) is 0 Å². The molecule has 0 saturated heterocycles. The fourth-order valence-corrected chi connectivity index (χ4v) is 1.96. The first-order valence-electron chi connectivity index (χ1n) is 5.29. The van der Waals surface area contributed by atoms with Gasteiger partial charge in [0, 0.05) is 20.1 Å².